The summed E-state index contributed by atoms with van der Waals surface area (Å²) in [6, 6.07) is 10.5. The Hall–Kier alpha value is -2.47. The highest BCUT2D eigenvalue weighted by Gasteiger charge is 2.05. The van der Waals surface area contributed by atoms with Crippen LogP contribution in [0.3, 0.4) is 0 Å². The Labute approximate surface area is 109 Å². The predicted octanol–water partition coefficient (Wildman–Crippen LogP) is 2.09. The average Bonchev–Trinajstić information content (AvgIpc) is 2.45. The van der Waals surface area contributed by atoms with Crippen molar-refractivity contribution in [2.24, 2.45) is 0 Å². The fourth-order valence-corrected chi connectivity index (χ4v) is 1.67. The second-order valence-corrected chi connectivity index (χ2v) is 3.94. The van der Waals surface area contributed by atoms with Crippen LogP contribution in [0.2, 0.25) is 0 Å². The number of benzene rings is 1. The Morgan fingerprint density at radius 1 is 1.21 bits per heavy atom. The second kappa shape index (κ2) is 5.92. The molecule has 6 nitrogen and oxygen atoms in total. The van der Waals surface area contributed by atoms with E-state index in [9.17, 15) is 15.2 Å². The van der Waals surface area contributed by atoms with Gasteiger partial charge >= 0.3 is 0 Å². The van der Waals surface area contributed by atoms with Gasteiger partial charge in [0.05, 0.1) is 11.5 Å². The SMILES string of the molecule is O=[N+]([O-])c1ccc(NCc2ccccc2CO)nc1. The van der Waals surface area contributed by atoms with E-state index in [-0.39, 0.29) is 12.3 Å². The minimum Gasteiger partial charge on any atom is -0.392 e. The quantitative estimate of drug-likeness (QED) is 0.634. The molecule has 2 N–H and O–H groups in total. The zero-order valence-corrected chi connectivity index (χ0v) is 10.1. The van der Waals surface area contributed by atoms with E-state index in [4.69, 9.17) is 0 Å². The molecule has 0 aliphatic carbocycles. The molecule has 2 aromatic rings. The summed E-state index contributed by atoms with van der Waals surface area (Å²) < 4.78 is 0. The third-order valence-electron chi connectivity index (χ3n) is 2.71. The zero-order chi connectivity index (χ0) is 13.7. The minimum absolute atomic E-state index is 0.0223. The molecular formula is C13H13N3O3. The largest absolute Gasteiger partial charge is 0.392 e. The Morgan fingerprint density at radius 3 is 2.53 bits per heavy atom. The van der Waals surface area contributed by atoms with Crippen molar-refractivity contribution in [3.63, 3.8) is 0 Å². The molecule has 1 aromatic heterocycles. The lowest BCUT2D eigenvalue weighted by atomic mass is 10.1. The van der Waals surface area contributed by atoms with Crippen LogP contribution in [0.4, 0.5) is 11.5 Å². The zero-order valence-electron chi connectivity index (χ0n) is 10.1. The number of nitro groups is 1. The molecule has 98 valence electrons. The van der Waals surface area contributed by atoms with Crippen LogP contribution in [-0.2, 0) is 13.2 Å². The van der Waals surface area contributed by atoms with E-state index >= 15 is 0 Å². The molecule has 6 heteroatoms. The van der Waals surface area contributed by atoms with Crippen LogP contribution in [0.1, 0.15) is 11.1 Å². The van der Waals surface area contributed by atoms with Gasteiger partial charge in [-0.3, -0.25) is 10.1 Å². The molecule has 19 heavy (non-hydrogen) atoms. The Kier molecular flexibility index (Phi) is 4.04. The molecule has 0 atom stereocenters. The van der Waals surface area contributed by atoms with Gasteiger partial charge in [0, 0.05) is 12.6 Å². The van der Waals surface area contributed by atoms with Crippen molar-refractivity contribution in [3.05, 3.63) is 63.8 Å². The van der Waals surface area contributed by atoms with Gasteiger partial charge < -0.3 is 10.4 Å². The van der Waals surface area contributed by atoms with Crippen LogP contribution in [-0.4, -0.2) is 15.0 Å². The molecule has 0 amide bonds. The number of aromatic nitrogens is 1. The molecule has 0 spiro atoms. The first kappa shape index (κ1) is 13.0. The summed E-state index contributed by atoms with van der Waals surface area (Å²) in [5, 5.41) is 22.7. The van der Waals surface area contributed by atoms with Gasteiger partial charge in [-0.05, 0) is 17.2 Å². The number of aliphatic hydroxyl groups excluding tert-OH is 1. The van der Waals surface area contributed by atoms with Crippen molar-refractivity contribution in [1.82, 2.24) is 4.98 Å². The first-order valence-electron chi connectivity index (χ1n) is 5.72. The molecule has 0 radical (unpaired) electrons. The fraction of sp³-hybridized carbons (Fsp3) is 0.154. The molecule has 0 bridgehead atoms. The average molecular weight is 259 g/mol. The molecule has 1 heterocycles. The summed E-state index contributed by atoms with van der Waals surface area (Å²) in [6.45, 7) is 0.479. The van der Waals surface area contributed by atoms with Crippen molar-refractivity contribution >= 4 is 11.5 Å². The highest BCUT2D eigenvalue weighted by Crippen LogP contribution is 2.14. The molecule has 0 fully saturated rings. The van der Waals surface area contributed by atoms with E-state index in [1.807, 2.05) is 24.3 Å². The van der Waals surface area contributed by atoms with Gasteiger partial charge in [0.2, 0.25) is 0 Å². The molecule has 2 rings (SSSR count). The predicted molar refractivity (Wildman–Crippen MR) is 70.6 cm³/mol. The first-order chi connectivity index (χ1) is 9.20. The number of nitrogens with zero attached hydrogens (tertiary/aromatic N) is 2. The van der Waals surface area contributed by atoms with Gasteiger partial charge in [-0.15, -0.1) is 0 Å². The first-order valence-corrected chi connectivity index (χ1v) is 5.72. The standard InChI is InChI=1S/C13H13N3O3/c17-9-11-4-2-1-3-10(11)7-14-13-6-5-12(8-15-13)16(18)19/h1-6,8,17H,7,9H2,(H,14,15). The Bertz CT molecular complexity index is 570. The number of aliphatic hydroxyl groups is 1. The van der Waals surface area contributed by atoms with Crippen molar-refractivity contribution in [1.29, 1.82) is 0 Å². The van der Waals surface area contributed by atoms with Gasteiger partial charge in [-0.1, -0.05) is 24.3 Å². The lowest BCUT2D eigenvalue weighted by Crippen LogP contribution is -2.04. The number of nitrogens with one attached hydrogen (secondary N) is 1. The third-order valence-corrected chi connectivity index (χ3v) is 2.71. The summed E-state index contributed by atoms with van der Waals surface area (Å²) in [4.78, 5) is 14.0. The minimum atomic E-state index is -0.488. The fourth-order valence-electron chi connectivity index (χ4n) is 1.67. The van der Waals surface area contributed by atoms with Gasteiger partial charge in [-0.25, -0.2) is 4.98 Å². The highest BCUT2D eigenvalue weighted by atomic mass is 16.6. The van der Waals surface area contributed by atoms with E-state index in [1.54, 1.807) is 6.07 Å². The molecular weight excluding hydrogens is 246 g/mol. The van der Waals surface area contributed by atoms with Crippen molar-refractivity contribution in [2.75, 3.05) is 5.32 Å². The third kappa shape index (κ3) is 3.26. The Morgan fingerprint density at radius 2 is 1.95 bits per heavy atom. The van der Waals surface area contributed by atoms with E-state index in [0.29, 0.717) is 12.4 Å². The summed E-state index contributed by atoms with van der Waals surface area (Å²) >= 11 is 0. The lowest BCUT2D eigenvalue weighted by molar-refractivity contribution is -0.385. The molecule has 0 aliphatic heterocycles. The van der Waals surface area contributed by atoms with E-state index in [1.165, 1.54) is 12.3 Å². The molecule has 0 saturated heterocycles. The Balaban J connectivity index is 2.04. The summed E-state index contributed by atoms with van der Waals surface area (Å²) in [5.74, 6) is 0.554. The van der Waals surface area contributed by atoms with Crippen molar-refractivity contribution < 1.29 is 10.0 Å². The normalized spacial score (nSPS) is 10.2. The van der Waals surface area contributed by atoms with Crippen molar-refractivity contribution in [2.45, 2.75) is 13.2 Å². The van der Waals surface area contributed by atoms with Crippen LogP contribution < -0.4 is 5.32 Å². The van der Waals surface area contributed by atoms with Gasteiger partial charge in [-0.2, -0.15) is 0 Å². The topological polar surface area (TPSA) is 88.3 Å². The maximum atomic E-state index is 10.5. The molecule has 0 saturated carbocycles. The van der Waals surface area contributed by atoms with E-state index in [2.05, 4.69) is 10.3 Å². The number of hydrogen-bond acceptors (Lipinski definition) is 5. The van der Waals surface area contributed by atoms with Crippen LogP contribution in [0, 0.1) is 10.1 Å². The number of anilines is 1. The van der Waals surface area contributed by atoms with Crippen molar-refractivity contribution in [3.8, 4) is 0 Å². The van der Waals surface area contributed by atoms with Crippen LogP contribution >= 0.6 is 0 Å². The van der Waals surface area contributed by atoms with Gasteiger partial charge in [0.1, 0.15) is 12.0 Å². The lowest BCUT2D eigenvalue weighted by Gasteiger charge is -2.08. The highest BCUT2D eigenvalue weighted by molar-refractivity contribution is 5.41. The maximum absolute atomic E-state index is 10.5. The maximum Gasteiger partial charge on any atom is 0.287 e. The van der Waals surface area contributed by atoms with Crippen LogP contribution in [0.25, 0.3) is 0 Å². The van der Waals surface area contributed by atoms with E-state index < -0.39 is 4.92 Å². The number of hydrogen-bond donors (Lipinski definition) is 2. The van der Waals surface area contributed by atoms with Gasteiger partial charge in [0.25, 0.3) is 5.69 Å². The molecule has 0 unspecified atom stereocenters. The van der Waals surface area contributed by atoms with Crippen LogP contribution in [0.5, 0.6) is 0 Å². The van der Waals surface area contributed by atoms with E-state index in [0.717, 1.165) is 11.1 Å². The second-order valence-electron chi connectivity index (χ2n) is 3.94. The number of rotatable bonds is 5. The summed E-state index contributed by atoms with van der Waals surface area (Å²) in [5.41, 5.74) is 1.77. The number of pyridine rings is 1. The summed E-state index contributed by atoms with van der Waals surface area (Å²) in [7, 11) is 0. The summed E-state index contributed by atoms with van der Waals surface area (Å²) in [6.07, 6.45) is 1.21. The smallest absolute Gasteiger partial charge is 0.287 e. The van der Waals surface area contributed by atoms with Crippen LogP contribution in [0.15, 0.2) is 42.6 Å². The molecule has 0 aliphatic rings. The molecule has 1 aromatic carbocycles. The monoisotopic (exact) mass is 259 g/mol. The van der Waals surface area contributed by atoms with Gasteiger partial charge in [0.15, 0.2) is 0 Å².